The molecule has 12 N–H and O–H groups in total. The summed E-state index contributed by atoms with van der Waals surface area (Å²) in [7, 11) is -2.29. The minimum atomic E-state index is -4.98. The fraction of sp³-hybridized carbons (Fsp3) is 0.818. The molecule has 0 bridgehead atoms. The Hall–Kier alpha value is -9.23. The highest BCUT2D eigenvalue weighted by molar-refractivity contribution is 6.74. The number of carbonyl (C=O) groups excluding carboxylic acids is 13. The van der Waals surface area contributed by atoms with Gasteiger partial charge in [-0.3, -0.25) is 43.2 Å². The number of cyclic esters (lactones) is 4. The molecule has 4 heterocycles. The van der Waals surface area contributed by atoms with Gasteiger partial charge in [0.1, 0.15) is 60.4 Å². The topological polar surface area (TPSA) is 465 Å². The van der Waals surface area contributed by atoms with Gasteiger partial charge in [0, 0.05) is 56.1 Å². The van der Waals surface area contributed by atoms with E-state index >= 15 is 0 Å². The minimum absolute atomic E-state index is 0.0268. The van der Waals surface area contributed by atoms with Gasteiger partial charge in [0.05, 0.1) is 52.6 Å². The molecule has 0 unspecified atom stereocenters. The number of hydrogen-bond acceptors (Lipinski definition) is 22. The molecule has 0 aromatic heterocycles. The van der Waals surface area contributed by atoms with Crippen molar-refractivity contribution in [2.24, 2.45) is 74.4 Å². The number of hydrogen-bond donors (Lipinski definition) is 12. The third kappa shape index (κ3) is 54.2. The van der Waals surface area contributed by atoms with Gasteiger partial charge in [-0.15, -0.1) is 0 Å². The number of alkyl halides is 3. The molecule has 0 saturated carbocycles. The summed E-state index contributed by atoms with van der Waals surface area (Å²) >= 11 is 0. The average Bonchev–Trinajstić information content (AvgIpc) is 1.62. The summed E-state index contributed by atoms with van der Waals surface area (Å²) in [6.45, 7) is 79.6. The van der Waals surface area contributed by atoms with Crippen molar-refractivity contribution in [3.8, 4) is 0 Å². The summed E-state index contributed by atoms with van der Waals surface area (Å²) < 4.78 is 81.0. The zero-order valence-electron chi connectivity index (χ0n) is 97.7. The highest BCUT2D eigenvalue weighted by Gasteiger charge is 2.51. The standard InChI is InChI=1S/C31H63N3O5Si.C21H39N3O4.C19H27NO4.C16H29NO4.C12H21NO4.C11H19F3N2O2/c1-16-17-18-32-26(35)25(22(4)5)34-27(36)31(12,13)20-24(39-40(14,15)30(9,10)11)23(19-21(2)3)33-28(37)38-29(6,7)8;1-8-9-10-22-18(25)17(14(4)5)24-19(26)21(6,7)12-16-15(11-13(2)3)23-20(27)28-16;1-13(2)10-15(16-11-19(3,4)17(21)24-16)20-18(22)23-12-14-8-6-5-7-9-14;1-10(2)8-11(17-14(19)21-15(3,4)5)12-9-16(6,7)13(18)20-12;1-7(2)5-8-9(17-11(16)13-8)6-12(3,4)10(14)15;1-4-5-6-15-9(17)8(7(2)3)16-10(18)11(12,13)14/h21-25H,16-20H2,1-15H3,(H,32,35)(H,33,37)(H,34,36);13-17H,8-12H2,1-7H3,(H,22,25)(H,23,27)(H,24,26);5-9,13,15-16H,10-12H2,1-4H3,(H,20,22);10-12H,8-9H2,1-7H3,(H,17,19);7-9H,5-6H2,1-4H3,(H,13,16)(H,14,15);7-8H,4-6H2,1-3H3,(H,15,17)(H,16,18)/t23-,24-,25-;15-,16-,17-;15-,16-;11-,12-;8-,9-;8-/m000000/s1. The van der Waals surface area contributed by atoms with Gasteiger partial charge in [-0.25, -0.2) is 24.0 Å². The fourth-order valence-electron chi connectivity index (χ4n) is 16.0. The van der Waals surface area contributed by atoms with E-state index in [1.807, 2.05) is 162 Å². The van der Waals surface area contributed by atoms with Gasteiger partial charge in [0.2, 0.25) is 29.5 Å². The number of carboxylic acids is 1. The molecule has 0 aliphatic carbocycles. The normalized spacial score (nSPS) is 19.1. The SMILES string of the molecule is CC(C)C[C@@H]1NC(=O)O[C@H]1CC(C)(C)C(=O)O.CC(C)C[C@H](NC(=O)OC(C)(C)C)[C@@H]1CC(C)(C)C(=O)O1.CC(C)C[C@H](NC(=O)OCc1ccccc1)[C@@H]1CC(C)(C)C(=O)O1.CCCCNC(=O)[C@@H](NC(=O)C(C)(C)C[C@@H]1OC(=O)N[C@H]1CC(C)C)C(C)C.CCCCNC(=O)[C@@H](NC(=O)C(C)(C)C[C@H](O[Si](C)(C)C(C)(C)C)[C@H](CC(C)C)NC(=O)OC(C)(C)C)C(C)C.CCCCNC(=O)[C@@H](NC(=O)C(F)(F)F)C(C)C. The van der Waals surface area contributed by atoms with Crippen LogP contribution in [0.25, 0.3) is 0 Å². The molecule has 4 aliphatic rings. The van der Waals surface area contributed by atoms with Crippen LogP contribution < -0.4 is 58.5 Å². The number of alkyl carbamates (subject to hydrolysis) is 5. The van der Waals surface area contributed by atoms with Gasteiger partial charge in [-0.05, 0) is 212 Å². The van der Waals surface area contributed by atoms with Crippen molar-refractivity contribution >= 4 is 92.1 Å². The van der Waals surface area contributed by atoms with Crippen LogP contribution in [0.1, 0.15) is 371 Å². The molecule has 0 radical (unpaired) electrons. The number of unbranched alkanes of at least 4 members (excludes halogenated alkanes) is 3. The number of carboxylic acid groups (broad SMARTS) is 1. The van der Waals surface area contributed by atoms with Crippen molar-refractivity contribution in [2.75, 3.05) is 19.6 Å². The van der Waals surface area contributed by atoms with E-state index in [9.17, 15) is 80.3 Å². The predicted molar refractivity (Wildman–Crippen MR) is 573 cm³/mol. The smallest absolute Gasteiger partial charge is 0.471 e. The van der Waals surface area contributed by atoms with Crippen LogP contribution in [0.4, 0.5) is 37.1 Å². The molecule has 856 valence electrons. The number of rotatable bonds is 47. The van der Waals surface area contributed by atoms with E-state index in [1.54, 1.807) is 33.0 Å². The van der Waals surface area contributed by atoms with Crippen molar-refractivity contribution in [1.82, 2.24) is 58.5 Å². The minimum Gasteiger partial charge on any atom is -0.481 e. The summed E-state index contributed by atoms with van der Waals surface area (Å²) in [4.78, 5) is 169. The first-order valence-electron chi connectivity index (χ1n) is 53.6. The maximum absolute atomic E-state index is 13.7. The van der Waals surface area contributed by atoms with Crippen molar-refractivity contribution in [3.05, 3.63) is 35.9 Å². The number of amides is 11. The molecule has 148 heavy (non-hydrogen) atoms. The molecule has 4 aliphatic heterocycles. The summed E-state index contributed by atoms with van der Waals surface area (Å²) in [5, 5.41) is 39.4. The zero-order valence-corrected chi connectivity index (χ0v) is 98.7. The third-order valence-corrected chi connectivity index (χ3v) is 30.1. The first-order chi connectivity index (χ1) is 67.5. The largest absolute Gasteiger partial charge is 0.481 e. The van der Waals surface area contributed by atoms with Crippen LogP contribution in [0.2, 0.25) is 18.1 Å². The predicted octanol–water partition coefficient (Wildman–Crippen LogP) is 20.3. The molecule has 1 aromatic rings. The van der Waals surface area contributed by atoms with E-state index in [0.29, 0.717) is 81.8 Å². The highest BCUT2D eigenvalue weighted by atomic mass is 28.4. The number of halogens is 3. The molecule has 4 saturated heterocycles. The van der Waals surface area contributed by atoms with E-state index in [0.717, 1.165) is 69.8 Å². The second-order valence-electron chi connectivity index (χ2n) is 49.9. The van der Waals surface area contributed by atoms with Crippen LogP contribution in [0.5, 0.6) is 0 Å². The Balaban J connectivity index is 0.00000180. The number of nitrogens with one attached hydrogen (secondary N) is 11. The Morgan fingerprint density at radius 3 is 1.09 bits per heavy atom. The Labute approximate surface area is 885 Å². The van der Waals surface area contributed by atoms with Gasteiger partial charge in [0.25, 0.3) is 0 Å². The summed E-state index contributed by atoms with van der Waals surface area (Å²) in [6.07, 6.45) is 2.43. The number of ether oxygens (including phenoxy) is 7. The maximum Gasteiger partial charge on any atom is 0.471 e. The van der Waals surface area contributed by atoms with Crippen molar-refractivity contribution in [2.45, 2.75) is 487 Å². The summed E-state index contributed by atoms with van der Waals surface area (Å²) in [5.74, 6) is -3.34. The quantitative estimate of drug-likeness (QED) is 0.0125. The van der Waals surface area contributed by atoms with E-state index in [4.69, 9.17) is 42.7 Å². The van der Waals surface area contributed by atoms with Crippen LogP contribution >= 0.6 is 0 Å². The van der Waals surface area contributed by atoms with Gasteiger partial charge in [-0.2, -0.15) is 13.2 Å². The Morgan fingerprint density at radius 1 is 0.453 bits per heavy atom. The monoisotopic (exact) mass is 2130 g/mol. The van der Waals surface area contributed by atoms with Crippen molar-refractivity contribution in [1.29, 1.82) is 0 Å². The Kier molecular flexibility index (Phi) is 58.8. The Bertz CT molecular complexity index is 4270. The molecular formula is C110H198F3N11O23Si. The van der Waals surface area contributed by atoms with Crippen LogP contribution in [0.3, 0.4) is 0 Å². The summed E-state index contributed by atoms with van der Waals surface area (Å²) in [6, 6.07) is 6.15. The van der Waals surface area contributed by atoms with Crippen LogP contribution in [0.15, 0.2) is 30.3 Å². The molecule has 38 heteroatoms. The lowest BCUT2D eigenvalue weighted by molar-refractivity contribution is -0.175. The van der Waals surface area contributed by atoms with Gasteiger partial charge in [-0.1, -0.05) is 230 Å². The van der Waals surface area contributed by atoms with Crippen LogP contribution in [-0.2, 0) is 87.3 Å². The second-order valence-corrected chi connectivity index (χ2v) is 54.7. The lowest BCUT2D eigenvalue weighted by Gasteiger charge is -2.44. The van der Waals surface area contributed by atoms with Crippen molar-refractivity contribution in [3.63, 3.8) is 0 Å². The second kappa shape index (κ2) is 62.7. The maximum atomic E-state index is 13.7. The Morgan fingerprint density at radius 2 is 0.791 bits per heavy atom. The molecular weight excluding hydrogens is 1930 g/mol. The molecule has 13 atom stereocenters. The first kappa shape index (κ1) is 139. The number of esters is 2. The molecule has 1 aromatic carbocycles. The van der Waals surface area contributed by atoms with Crippen LogP contribution in [0, 0.1) is 74.4 Å². The zero-order chi connectivity index (χ0) is 115. The lowest BCUT2D eigenvalue weighted by atomic mass is 9.82. The third-order valence-electron chi connectivity index (χ3n) is 25.6. The average molecular weight is 2130 g/mol. The van der Waals surface area contributed by atoms with E-state index in [2.05, 4.69) is 170 Å². The van der Waals surface area contributed by atoms with Gasteiger partial charge >= 0.3 is 60.5 Å². The number of carbonyl (C=O) groups is 14. The summed E-state index contributed by atoms with van der Waals surface area (Å²) in [5.41, 5.74) is -3.76. The molecule has 5 rings (SSSR count). The van der Waals surface area contributed by atoms with E-state index < -0.39 is 131 Å². The molecule has 0 spiro atoms. The molecule has 4 fully saturated rings. The van der Waals surface area contributed by atoms with E-state index in [1.165, 1.54) is 0 Å². The van der Waals surface area contributed by atoms with Crippen LogP contribution in [-0.4, -0.2) is 213 Å². The number of aliphatic carboxylic acids is 1. The fourth-order valence-corrected chi connectivity index (χ4v) is 17.3. The highest BCUT2D eigenvalue weighted by Crippen LogP contribution is 2.42. The van der Waals surface area contributed by atoms with Gasteiger partial charge < -0.3 is 101 Å². The number of benzene rings is 1. The van der Waals surface area contributed by atoms with Gasteiger partial charge in [0.15, 0.2) is 8.32 Å². The molecule has 11 amide bonds. The van der Waals surface area contributed by atoms with Crippen molar-refractivity contribution < 1.29 is 123 Å². The van der Waals surface area contributed by atoms with E-state index in [-0.39, 0.29) is 120 Å². The first-order valence-corrected chi connectivity index (χ1v) is 56.5. The lowest BCUT2D eigenvalue weighted by Crippen LogP contribution is -2.56. The molecule has 34 nitrogen and oxygen atoms in total.